The molecule has 59 valence electrons. The second kappa shape index (κ2) is 2.98. The molecule has 1 radical (unpaired) electrons. The number of aromatic hydroxyl groups is 1. The quantitative estimate of drug-likeness (QED) is 0.599. The molecule has 11 heavy (non-hydrogen) atoms. The zero-order valence-corrected chi connectivity index (χ0v) is 7.95. The fourth-order valence-electron chi connectivity index (χ4n) is 0.744. The molecule has 0 aromatic heterocycles. The molecule has 0 amide bonds. The van der Waals surface area contributed by atoms with E-state index in [1.807, 2.05) is 0 Å². The lowest BCUT2D eigenvalue weighted by Crippen LogP contribution is -2.10. The van der Waals surface area contributed by atoms with E-state index in [0.717, 1.165) is 0 Å². The Balaban J connectivity index is 3.06. The smallest absolute Gasteiger partial charge is 0.141 e. The van der Waals surface area contributed by atoms with E-state index >= 15 is 0 Å². The summed E-state index contributed by atoms with van der Waals surface area (Å²) in [7, 11) is 0. The van der Waals surface area contributed by atoms with E-state index in [2.05, 4.69) is 6.92 Å². The largest absolute Gasteiger partial charge is 0.508 e. The van der Waals surface area contributed by atoms with Crippen LogP contribution in [0.4, 0.5) is 0 Å². The summed E-state index contributed by atoms with van der Waals surface area (Å²) in [4.78, 5) is 0. The van der Waals surface area contributed by atoms with Crippen molar-refractivity contribution in [1.82, 2.24) is 0 Å². The van der Waals surface area contributed by atoms with Gasteiger partial charge in [0, 0.05) is 0 Å². The molecule has 2 nitrogen and oxygen atoms in total. The molecule has 1 unspecified atom stereocenters. The van der Waals surface area contributed by atoms with Crippen molar-refractivity contribution in [3.63, 3.8) is 0 Å². The zero-order valence-electron chi connectivity index (χ0n) is 5.79. The summed E-state index contributed by atoms with van der Waals surface area (Å²) in [5, 5.41) is 18.4. The van der Waals surface area contributed by atoms with Gasteiger partial charge in [-0.05, 0) is 47.2 Å². The molecule has 0 aliphatic heterocycles. The summed E-state index contributed by atoms with van der Waals surface area (Å²) in [6.07, 6.45) is 0. The first-order valence-electron chi connectivity index (χ1n) is 3.06. The average Bonchev–Trinajstić information content (AvgIpc) is 1.86. The minimum absolute atomic E-state index is 0.140. The molecule has 1 aromatic carbocycles. The Hall–Kier alpha value is -0.290. The van der Waals surface area contributed by atoms with Crippen LogP contribution < -0.4 is 0 Å². The molecular formula is C8H8IO2. The minimum atomic E-state index is -1.16. The van der Waals surface area contributed by atoms with Crippen LogP contribution in [0.25, 0.3) is 0 Å². The van der Waals surface area contributed by atoms with Gasteiger partial charge in [0.05, 0.1) is 0 Å². The van der Waals surface area contributed by atoms with E-state index in [-0.39, 0.29) is 5.75 Å². The fourth-order valence-corrected chi connectivity index (χ4v) is 1.08. The Morgan fingerprint density at radius 2 is 2.09 bits per heavy atom. The maximum atomic E-state index is 9.38. The maximum Gasteiger partial charge on any atom is 0.141 e. The fraction of sp³-hybridized carbons (Fsp3) is 0.125. The van der Waals surface area contributed by atoms with Gasteiger partial charge in [-0.15, -0.1) is 0 Å². The topological polar surface area (TPSA) is 40.5 Å². The van der Waals surface area contributed by atoms with Crippen LogP contribution in [-0.2, 0) is 3.61 Å². The standard InChI is InChI=1S/C8H8IO2/c1-8(9,11)6-3-2-4-7(10)5-6/h2-5,10-11H,1H2. The van der Waals surface area contributed by atoms with E-state index in [9.17, 15) is 5.11 Å². The van der Waals surface area contributed by atoms with Crippen LogP contribution in [0.2, 0.25) is 0 Å². The van der Waals surface area contributed by atoms with Gasteiger partial charge in [0.25, 0.3) is 0 Å². The van der Waals surface area contributed by atoms with Crippen LogP contribution in [0.15, 0.2) is 24.3 Å². The van der Waals surface area contributed by atoms with Gasteiger partial charge in [0.15, 0.2) is 0 Å². The Morgan fingerprint density at radius 3 is 2.45 bits per heavy atom. The first kappa shape index (κ1) is 8.80. The van der Waals surface area contributed by atoms with Crippen molar-refractivity contribution in [3.8, 4) is 5.75 Å². The number of benzene rings is 1. The highest BCUT2D eigenvalue weighted by Gasteiger charge is 2.17. The van der Waals surface area contributed by atoms with Gasteiger partial charge in [-0.1, -0.05) is 12.1 Å². The third-order valence-corrected chi connectivity index (χ3v) is 1.91. The highest BCUT2D eigenvalue weighted by Crippen LogP contribution is 2.29. The molecule has 0 spiro atoms. The number of phenols is 1. The van der Waals surface area contributed by atoms with Crippen molar-refractivity contribution in [2.24, 2.45) is 0 Å². The van der Waals surface area contributed by atoms with Gasteiger partial charge in [0.2, 0.25) is 0 Å². The Morgan fingerprint density at radius 1 is 1.45 bits per heavy atom. The lowest BCUT2D eigenvalue weighted by molar-refractivity contribution is 0.206. The van der Waals surface area contributed by atoms with E-state index in [1.165, 1.54) is 6.07 Å². The van der Waals surface area contributed by atoms with E-state index in [1.54, 1.807) is 40.8 Å². The molecule has 0 heterocycles. The summed E-state index contributed by atoms with van der Waals surface area (Å²) in [6, 6.07) is 6.41. The maximum absolute atomic E-state index is 9.38. The van der Waals surface area contributed by atoms with Crippen LogP contribution in [0.5, 0.6) is 5.75 Å². The normalized spacial score (nSPS) is 15.9. The van der Waals surface area contributed by atoms with Crippen LogP contribution in [0.1, 0.15) is 5.56 Å². The number of aliphatic hydroxyl groups is 1. The second-order valence-corrected chi connectivity index (χ2v) is 4.09. The number of alkyl halides is 1. The van der Waals surface area contributed by atoms with Gasteiger partial charge < -0.3 is 10.2 Å². The third kappa shape index (κ3) is 2.34. The highest BCUT2D eigenvalue weighted by molar-refractivity contribution is 14.1. The molecule has 0 fully saturated rings. The summed E-state index contributed by atoms with van der Waals surface area (Å²) in [6.45, 7) is 3.51. The van der Waals surface area contributed by atoms with Crippen molar-refractivity contribution in [2.75, 3.05) is 0 Å². The first-order chi connectivity index (χ1) is 5.00. The van der Waals surface area contributed by atoms with Gasteiger partial charge >= 0.3 is 0 Å². The second-order valence-electron chi connectivity index (χ2n) is 2.31. The zero-order chi connectivity index (χ0) is 8.48. The molecule has 2 N–H and O–H groups in total. The third-order valence-electron chi connectivity index (χ3n) is 1.29. The summed E-state index contributed by atoms with van der Waals surface area (Å²) in [5.41, 5.74) is 0.595. The molecule has 0 aliphatic carbocycles. The van der Waals surface area contributed by atoms with Gasteiger partial charge in [-0.3, -0.25) is 0 Å². The Kier molecular flexibility index (Phi) is 2.39. The Bertz CT molecular complexity index is 253. The number of halogens is 1. The summed E-state index contributed by atoms with van der Waals surface area (Å²) < 4.78 is -1.16. The first-order valence-corrected chi connectivity index (χ1v) is 4.14. The van der Waals surface area contributed by atoms with Crippen LogP contribution >= 0.6 is 22.6 Å². The molecule has 0 bridgehead atoms. The van der Waals surface area contributed by atoms with E-state index in [4.69, 9.17) is 5.11 Å². The molecule has 0 saturated carbocycles. The van der Waals surface area contributed by atoms with Crippen molar-refractivity contribution in [1.29, 1.82) is 0 Å². The minimum Gasteiger partial charge on any atom is -0.508 e. The summed E-state index contributed by atoms with van der Waals surface area (Å²) in [5.74, 6) is 0.140. The number of phenolic OH excluding ortho intramolecular Hbond substituents is 1. The predicted molar refractivity (Wildman–Crippen MR) is 51.4 cm³/mol. The monoisotopic (exact) mass is 263 g/mol. The van der Waals surface area contributed by atoms with Crippen molar-refractivity contribution in [2.45, 2.75) is 3.61 Å². The number of rotatable bonds is 1. The Labute approximate surface area is 79.0 Å². The predicted octanol–water partition coefficient (Wildman–Crippen LogP) is 1.81. The highest BCUT2D eigenvalue weighted by atomic mass is 127. The molecule has 1 aromatic rings. The van der Waals surface area contributed by atoms with E-state index in [0.29, 0.717) is 5.56 Å². The molecule has 0 saturated heterocycles. The van der Waals surface area contributed by atoms with Crippen molar-refractivity contribution >= 4 is 22.6 Å². The van der Waals surface area contributed by atoms with Crippen molar-refractivity contribution < 1.29 is 10.2 Å². The average molecular weight is 263 g/mol. The molecule has 0 aliphatic rings. The number of hydrogen-bond acceptors (Lipinski definition) is 2. The van der Waals surface area contributed by atoms with Gasteiger partial charge in [0.1, 0.15) is 9.36 Å². The van der Waals surface area contributed by atoms with Gasteiger partial charge in [-0.25, -0.2) is 0 Å². The van der Waals surface area contributed by atoms with Crippen molar-refractivity contribution in [3.05, 3.63) is 36.8 Å². The summed E-state index contributed by atoms with van der Waals surface area (Å²) >= 11 is 1.79. The molecular weight excluding hydrogens is 255 g/mol. The van der Waals surface area contributed by atoms with Crippen LogP contribution in [0, 0.1) is 6.92 Å². The number of hydrogen-bond donors (Lipinski definition) is 2. The molecule has 3 heteroatoms. The molecule has 1 rings (SSSR count). The van der Waals surface area contributed by atoms with E-state index < -0.39 is 3.61 Å². The lowest BCUT2D eigenvalue weighted by Gasteiger charge is -2.14. The van der Waals surface area contributed by atoms with Crippen LogP contribution in [0.3, 0.4) is 0 Å². The van der Waals surface area contributed by atoms with Gasteiger partial charge in [-0.2, -0.15) is 0 Å². The lowest BCUT2D eigenvalue weighted by atomic mass is 10.1. The molecule has 1 atom stereocenters. The van der Waals surface area contributed by atoms with Crippen LogP contribution in [-0.4, -0.2) is 10.2 Å². The SMILES string of the molecule is [CH2]C(O)(I)c1cccc(O)c1.